The Morgan fingerprint density at radius 2 is 2.15 bits per heavy atom. The molecule has 0 fully saturated rings. The molecule has 0 saturated carbocycles. The highest BCUT2D eigenvalue weighted by atomic mass is 32.1. The largest absolute Gasteiger partial charge is 0.394 e. The third kappa shape index (κ3) is 5.09. The van der Waals surface area contributed by atoms with Gasteiger partial charge in [0.15, 0.2) is 0 Å². The van der Waals surface area contributed by atoms with E-state index in [0.717, 1.165) is 30.0 Å². The van der Waals surface area contributed by atoms with Gasteiger partial charge in [-0.2, -0.15) is 0 Å². The van der Waals surface area contributed by atoms with Crippen LogP contribution in [-0.2, 0) is 6.42 Å². The Balaban J connectivity index is 2.36. The first-order valence-corrected chi connectivity index (χ1v) is 7.81. The Kier molecular flexibility index (Phi) is 6.42. The topological polar surface area (TPSA) is 74.2 Å². The van der Waals surface area contributed by atoms with Gasteiger partial charge in [0.25, 0.3) is 0 Å². The number of hydrogen-bond donors (Lipinski definition) is 3. The molecule has 114 valence electrons. The number of aryl methyl sites for hydroxylation is 2. The summed E-state index contributed by atoms with van der Waals surface area (Å²) in [7, 11) is 0. The monoisotopic (exact) mass is 299 g/mol. The number of carbonyl (C=O) groups is 1. The van der Waals surface area contributed by atoms with Crippen molar-refractivity contribution in [2.24, 2.45) is 0 Å². The number of carbonyl (C=O) groups excluding carboxylic acids is 1. The Bertz CT molecular complexity index is 428. The van der Waals surface area contributed by atoms with Crippen molar-refractivity contribution in [1.82, 2.24) is 15.6 Å². The van der Waals surface area contributed by atoms with Crippen LogP contribution in [0.3, 0.4) is 0 Å². The van der Waals surface area contributed by atoms with Crippen LogP contribution in [0, 0.1) is 13.8 Å². The molecule has 1 atom stereocenters. The van der Waals surface area contributed by atoms with Crippen molar-refractivity contribution in [2.45, 2.75) is 52.5 Å². The molecule has 1 heterocycles. The van der Waals surface area contributed by atoms with Gasteiger partial charge in [0.05, 0.1) is 22.8 Å². The Morgan fingerprint density at radius 3 is 2.65 bits per heavy atom. The van der Waals surface area contributed by atoms with Crippen LogP contribution in [-0.4, -0.2) is 34.8 Å². The molecule has 5 nitrogen and oxygen atoms in total. The van der Waals surface area contributed by atoms with E-state index in [1.54, 1.807) is 11.3 Å². The number of aliphatic hydroxyl groups excluding tert-OH is 1. The van der Waals surface area contributed by atoms with E-state index >= 15 is 0 Å². The van der Waals surface area contributed by atoms with Gasteiger partial charge in [-0.1, -0.05) is 13.3 Å². The highest BCUT2D eigenvalue weighted by molar-refractivity contribution is 7.11. The predicted molar refractivity (Wildman–Crippen MR) is 82.2 cm³/mol. The molecule has 1 rings (SSSR count). The average Bonchev–Trinajstić information content (AvgIpc) is 2.69. The summed E-state index contributed by atoms with van der Waals surface area (Å²) in [5.74, 6) is 0. The number of thiazole rings is 1. The van der Waals surface area contributed by atoms with Crippen molar-refractivity contribution >= 4 is 17.4 Å². The summed E-state index contributed by atoms with van der Waals surface area (Å²) in [6.45, 7) is 8.41. The molecule has 3 N–H and O–H groups in total. The lowest BCUT2D eigenvalue weighted by Gasteiger charge is -2.28. The summed E-state index contributed by atoms with van der Waals surface area (Å²) in [4.78, 5) is 17.5. The van der Waals surface area contributed by atoms with Gasteiger partial charge in [-0.15, -0.1) is 11.3 Å². The molecular formula is C14H25N3O2S. The highest BCUT2D eigenvalue weighted by Gasteiger charge is 2.24. The fourth-order valence-electron chi connectivity index (χ4n) is 1.98. The summed E-state index contributed by atoms with van der Waals surface area (Å²) in [5, 5.41) is 16.0. The third-order valence-corrected chi connectivity index (χ3v) is 4.40. The normalized spacial score (nSPS) is 13.8. The lowest BCUT2D eigenvalue weighted by molar-refractivity contribution is 0.163. The summed E-state index contributed by atoms with van der Waals surface area (Å²) in [6.07, 6.45) is 2.40. The Labute approximate surface area is 124 Å². The first-order chi connectivity index (χ1) is 9.40. The zero-order valence-corrected chi connectivity index (χ0v) is 13.6. The van der Waals surface area contributed by atoms with Crippen LogP contribution >= 0.6 is 11.3 Å². The quantitative estimate of drug-likeness (QED) is 0.722. The van der Waals surface area contributed by atoms with Crippen molar-refractivity contribution in [1.29, 1.82) is 0 Å². The predicted octanol–water partition coefficient (Wildman–Crippen LogP) is 2.15. The smallest absolute Gasteiger partial charge is 0.315 e. The number of aromatic nitrogens is 1. The third-order valence-electron chi connectivity index (χ3n) is 3.26. The zero-order chi connectivity index (χ0) is 15.2. The number of aliphatic hydroxyl groups is 1. The molecule has 0 radical (unpaired) electrons. The number of nitrogens with one attached hydrogen (secondary N) is 2. The first kappa shape index (κ1) is 16.9. The molecule has 0 saturated heterocycles. The standard InChI is InChI=1S/C14H25N3O2S/c1-5-7-14(4,9-18)17-13(19)15-8-6-12-16-10(2)11(3)20-12/h18H,5-9H2,1-4H3,(H2,15,17,19). The molecule has 1 aromatic rings. The minimum Gasteiger partial charge on any atom is -0.394 e. The van der Waals surface area contributed by atoms with Gasteiger partial charge in [0.2, 0.25) is 0 Å². The molecule has 0 aliphatic heterocycles. The van der Waals surface area contributed by atoms with Gasteiger partial charge >= 0.3 is 6.03 Å². The van der Waals surface area contributed by atoms with Crippen LogP contribution in [0.15, 0.2) is 0 Å². The lowest BCUT2D eigenvalue weighted by Crippen LogP contribution is -2.52. The van der Waals surface area contributed by atoms with Crippen LogP contribution in [0.2, 0.25) is 0 Å². The van der Waals surface area contributed by atoms with E-state index in [-0.39, 0.29) is 12.6 Å². The van der Waals surface area contributed by atoms with Crippen molar-refractivity contribution < 1.29 is 9.90 Å². The number of hydrogen-bond acceptors (Lipinski definition) is 4. The molecule has 2 amide bonds. The number of nitrogens with zero attached hydrogens (tertiary/aromatic N) is 1. The molecule has 6 heteroatoms. The summed E-state index contributed by atoms with van der Waals surface area (Å²) in [6, 6.07) is -0.236. The molecule has 0 bridgehead atoms. The SMILES string of the molecule is CCCC(C)(CO)NC(=O)NCCc1nc(C)c(C)s1. The maximum absolute atomic E-state index is 11.8. The molecule has 0 spiro atoms. The van der Waals surface area contributed by atoms with Crippen LogP contribution in [0.25, 0.3) is 0 Å². The fraction of sp³-hybridized carbons (Fsp3) is 0.714. The van der Waals surface area contributed by atoms with E-state index < -0.39 is 5.54 Å². The van der Waals surface area contributed by atoms with Crippen LogP contribution in [0.4, 0.5) is 4.79 Å². The van der Waals surface area contributed by atoms with Gasteiger partial charge in [-0.25, -0.2) is 9.78 Å². The molecular weight excluding hydrogens is 274 g/mol. The maximum atomic E-state index is 11.8. The van der Waals surface area contributed by atoms with Crippen molar-refractivity contribution in [3.63, 3.8) is 0 Å². The Hall–Kier alpha value is -1.14. The van der Waals surface area contributed by atoms with E-state index in [2.05, 4.69) is 15.6 Å². The maximum Gasteiger partial charge on any atom is 0.315 e. The highest BCUT2D eigenvalue weighted by Crippen LogP contribution is 2.16. The molecule has 1 aromatic heterocycles. The average molecular weight is 299 g/mol. The molecule has 0 aliphatic rings. The summed E-state index contributed by atoms with van der Waals surface area (Å²) < 4.78 is 0. The van der Waals surface area contributed by atoms with Gasteiger partial charge in [0.1, 0.15) is 0 Å². The minimum atomic E-state index is -0.548. The van der Waals surface area contributed by atoms with Crippen LogP contribution in [0.1, 0.15) is 42.3 Å². The molecule has 0 aliphatic carbocycles. The van der Waals surface area contributed by atoms with E-state index in [9.17, 15) is 9.90 Å². The first-order valence-electron chi connectivity index (χ1n) is 7.00. The van der Waals surface area contributed by atoms with Gasteiger partial charge < -0.3 is 15.7 Å². The van der Waals surface area contributed by atoms with Gasteiger partial charge in [0, 0.05) is 17.8 Å². The summed E-state index contributed by atoms with van der Waals surface area (Å²) in [5.41, 5.74) is 0.512. The second kappa shape index (κ2) is 7.59. The van der Waals surface area contributed by atoms with Gasteiger partial charge in [-0.05, 0) is 27.2 Å². The Morgan fingerprint density at radius 1 is 1.45 bits per heavy atom. The molecule has 1 unspecified atom stereocenters. The minimum absolute atomic E-state index is 0.0564. The zero-order valence-electron chi connectivity index (χ0n) is 12.7. The van der Waals surface area contributed by atoms with Gasteiger partial charge in [-0.3, -0.25) is 0 Å². The number of urea groups is 1. The summed E-state index contributed by atoms with van der Waals surface area (Å²) >= 11 is 1.67. The fourth-order valence-corrected chi connectivity index (χ4v) is 2.91. The van der Waals surface area contributed by atoms with Crippen LogP contribution in [0.5, 0.6) is 0 Å². The van der Waals surface area contributed by atoms with Crippen molar-refractivity contribution in [2.75, 3.05) is 13.2 Å². The van der Waals surface area contributed by atoms with Crippen LogP contribution < -0.4 is 10.6 Å². The van der Waals surface area contributed by atoms with E-state index in [4.69, 9.17) is 0 Å². The van der Waals surface area contributed by atoms with Crippen molar-refractivity contribution in [3.8, 4) is 0 Å². The van der Waals surface area contributed by atoms with E-state index in [1.807, 2.05) is 27.7 Å². The number of amides is 2. The molecule has 0 aromatic carbocycles. The molecule has 20 heavy (non-hydrogen) atoms. The second-order valence-electron chi connectivity index (χ2n) is 5.35. The lowest BCUT2D eigenvalue weighted by atomic mass is 9.98. The second-order valence-corrected chi connectivity index (χ2v) is 6.64. The van der Waals surface area contributed by atoms with E-state index in [0.29, 0.717) is 6.54 Å². The van der Waals surface area contributed by atoms with E-state index in [1.165, 1.54) is 4.88 Å². The van der Waals surface area contributed by atoms with Crippen molar-refractivity contribution in [3.05, 3.63) is 15.6 Å². The number of rotatable bonds is 7.